The standard InChI is InChI=1S/C16H25ClN4O/c1-9-15(17)10(2)21(19-9)11(3)16(22)18-12-7-13-5-6-14(8-12)20(13)4/h11-14H,5-8H2,1-4H3,(H,18,22). The van der Waals surface area contributed by atoms with Crippen molar-refractivity contribution in [3.8, 4) is 0 Å². The normalized spacial score (nSPS) is 29.6. The molecule has 2 aliphatic rings. The summed E-state index contributed by atoms with van der Waals surface area (Å²) in [5, 5.41) is 8.27. The molecule has 3 atom stereocenters. The molecule has 0 spiro atoms. The molecule has 1 amide bonds. The van der Waals surface area contributed by atoms with E-state index in [1.807, 2.05) is 20.8 Å². The van der Waals surface area contributed by atoms with Crippen molar-refractivity contribution in [1.82, 2.24) is 20.0 Å². The van der Waals surface area contributed by atoms with Gasteiger partial charge in [-0.3, -0.25) is 9.48 Å². The van der Waals surface area contributed by atoms with E-state index in [9.17, 15) is 4.79 Å². The molecule has 22 heavy (non-hydrogen) atoms. The first-order valence-corrected chi connectivity index (χ1v) is 8.49. The molecule has 0 aromatic carbocycles. The van der Waals surface area contributed by atoms with E-state index in [0.717, 1.165) is 24.2 Å². The minimum atomic E-state index is -0.330. The number of nitrogens with zero attached hydrogens (tertiary/aromatic N) is 3. The monoisotopic (exact) mass is 324 g/mol. The highest BCUT2D eigenvalue weighted by atomic mass is 35.5. The van der Waals surface area contributed by atoms with Crippen LogP contribution in [-0.4, -0.2) is 45.8 Å². The number of hydrogen-bond acceptors (Lipinski definition) is 3. The third-order valence-electron chi connectivity index (χ3n) is 5.43. The van der Waals surface area contributed by atoms with E-state index in [-0.39, 0.29) is 18.0 Å². The van der Waals surface area contributed by atoms with Crippen LogP contribution in [0.4, 0.5) is 0 Å². The van der Waals surface area contributed by atoms with E-state index in [1.165, 1.54) is 12.8 Å². The number of aromatic nitrogens is 2. The smallest absolute Gasteiger partial charge is 0.244 e. The van der Waals surface area contributed by atoms with Crippen LogP contribution in [0.15, 0.2) is 0 Å². The van der Waals surface area contributed by atoms with Crippen molar-refractivity contribution in [3.05, 3.63) is 16.4 Å². The van der Waals surface area contributed by atoms with Crippen LogP contribution in [0.2, 0.25) is 5.02 Å². The molecule has 6 heteroatoms. The molecular formula is C16H25ClN4O. The van der Waals surface area contributed by atoms with Gasteiger partial charge in [0.15, 0.2) is 0 Å². The molecule has 2 saturated heterocycles. The van der Waals surface area contributed by atoms with Gasteiger partial charge in [0.25, 0.3) is 0 Å². The highest BCUT2D eigenvalue weighted by Gasteiger charge is 2.39. The fourth-order valence-electron chi connectivity index (χ4n) is 3.98. The van der Waals surface area contributed by atoms with Crippen molar-refractivity contribution < 1.29 is 4.79 Å². The molecule has 5 nitrogen and oxygen atoms in total. The highest BCUT2D eigenvalue weighted by molar-refractivity contribution is 6.31. The summed E-state index contributed by atoms with van der Waals surface area (Å²) in [6.45, 7) is 5.65. The Balaban J connectivity index is 1.66. The van der Waals surface area contributed by atoms with Gasteiger partial charge in [-0.2, -0.15) is 5.10 Å². The molecule has 2 aliphatic heterocycles. The number of piperidine rings is 1. The second-order valence-electron chi connectivity index (χ2n) is 6.83. The van der Waals surface area contributed by atoms with Crippen molar-refractivity contribution in [2.24, 2.45) is 0 Å². The van der Waals surface area contributed by atoms with Gasteiger partial charge in [-0.05, 0) is 53.5 Å². The maximum Gasteiger partial charge on any atom is 0.244 e. The molecular weight excluding hydrogens is 300 g/mol. The van der Waals surface area contributed by atoms with E-state index < -0.39 is 0 Å². The predicted octanol–water partition coefficient (Wildman–Crippen LogP) is 2.46. The van der Waals surface area contributed by atoms with Crippen LogP contribution in [-0.2, 0) is 4.79 Å². The highest BCUT2D eigenvalue weighted by Crippen LogP contribution is 2.34. The van der Waals surface area contributed by atoms with Crippen molar-refractivity contribution in [2.45, 2.75) is 70.6 Å². The minimum Gasteiger partial charge on any atom is -0.351 e. The predicted molar refractivity (Wildman–Crippen MR) is 87.2 cm³/mol. The van der Waals surface area contributed by atoms with E-state index >= 15 is 0 Å². The summed E-state index contributed by atoms with van der Waals surface area (Å²) in [7, 11) is 2.21. The average Bonchev–Trinajstić information content (AvgIpc) is 2.85. The lowest BCUT2D eigenvalue weighted by Gasteiger charge is -2.37. The first-order chi connectivity index (χ1) is 10.4. The second-order valence-corrected chi connectivity index (χ2v) is 7.21. The van der Waals surface area contributed by atoms with Crippen molar-refractivity contribution in [3.63, 3.8) is 0 Å². The summed E-state index contributed by atoms with van der Waals surface area (Å²) in [6.07, 6.45) is 4.64. The lowest BCUT2D eigenvalue weighted by molar-refractivity contribution is -0.125. The van der Waals surface area contributed by atoms with Crippen LogP contribution in [0.1, 0.15) is 50.0 Å². The van der Waals surface area contributed by atoms with Gasteiger partial charge < -0.3 is 10.2 Å². The molecule has 2 bridgehead atoms. The first kappa shape index (κ1) is 15.8. The molecule has 0 radical (unpaired) electrons. The van der Waals surface area contributed by atoms with Crippen molar-refractivity contribution in [1.29, 1.82) is 0 Å². The number of halogens is 1. The number of rotatable bonds is 3. The molecule has 3 unspecified atom stereocenters. The summed E-state index contributed by atoms with van der Waals surface area (Å²) in [6, 6.07) is 1.21. The number of amides is 1. The molecule has 1 N–H and O–H groups in total. The average molecular weight is 325 g/mol. The lowest BCUT2D eigenvalue weighted by Crippen LogP contribution is -2.49. The number of carbonyl (C=O) groups is 1. The topological polar surface area (TPSA) is 50.2 Å². The summed E-state index contributed by atoms with van der Waals surface area (Å²) >= 11 is 6.18. The largest absolute Gasteiger partial charge is 0.351 e. The molecule has 3 heterocycles. The maximum absolute atomic E-state index is 12.6. The van der Waals surface area contributed by atoms with Crippen LogP contribution in [0, 0.1) is 13.8 Å². The number of nitrogens with one attached hydrogen (secondary N) is 1. The Morgan fingerprint density at radius 2 is 1.91 bits per heavy atom. The van der Waals surface area contributed by atoms with Crippen molar-refractivity contribution >= 4 is 17.5 Å². The van der Waals surface area contributed by atoms with Crippen LogP contribution in [0.5, 0.6) is 0 Å². The number of fused-ring (bicyclic) bond motifs is 2. The van der Waals surface area contributed by atoms with E-state index in [1.54, 1.807) is 4.68 Å². The van der Waals surface area contributed by atoms with Gasteiger partial charge in [0.1, 0.15) is 6.04 Å². The summed E-state index contributed by atoms with van der Waals surface area (Å²) in [5.41, 5.74) is 1.63. The number of aryl methyl sites for hydroxylation is 1. The fourth-order valence-corrected chi connectivity index (χ4v) is 4.11. The molecule has 1 aromatic heterocycles. The first-order valence-electron chi connectivity index (χ1n) is 8.12. The Kier molecular flexibility index (Phi) is 4.21. The summed E-state index contributed by atoms with van der Waals surface area (Å²) < 4.78 is 1.73. The van der Waals surface area contributed by atoms with Gasteiger partial charge in [0, 0.05) is 18.1 Å². The van der Waals surface area contributed by atoms with Gasteiger partial charge >= 0.3 is 0 Å². The van der Waals surface area contributed by atoms with Crippen LogP contribution in [0.3, 0.4) is 0 Å². The number of hydrogen-bond donors (Lipinski definition) is 1. The second kappa shape index (κ2) is 5.85. The Labute approximate surface area is 137 Å². The van der Waals surface area contributed by atoms with E-state index in [4.69, 9.17) is 11.6 Å². The Hall–Kier alpha value is -1.07. The fraction of sp³-hybridized carbons (Fsp3) is 0.750. The zero-order chi connectivity index (χ0) is 16.0. The Bertz CT molecular complexity index is 571. The molecule has 0 aliphatic carbocycles. The SMILES string of the molecule is Cc1nn(C(C)C(=O)NC2CC3CCC(C2)N3C)c(C)c1Cl. The summed E-state index contributed by atoms with van der Waals surface area (Å²) in [5.74, 6) is 0.0382. The molecule has 0 saturated carbocycles. The van der Waals surface area contributed by atoms with Gasteiger partial charge in [-0.1, -0.05) is 11.6 Å². The molecule has 3 rings (SSSR count). The minimum absolute atomic E-state index is 0.0382. The Morgan fingerprint density at radius 1 is 1.32 bits per heavy atom. The number of carbonyl (C=O) groups excluding carboxylic acids is 1. The van der Waals surface area contributed by atoms with Crippen LogP contribution < -0.4 is 5.32 Å². The van der Waals surface area contributed by atoms with Gasteiger partial charge in [-0.25, -0.2) is 0 Å². The third kappa shape index (κ3) is 2.65. The molecule has 122 valence electrons. The van der Waals surface area contributed by atoms with Crippen LogP contribution in [0.25, 0.3) is 0 Å². The molecule has 2 fully saturated rings. The zero-order valence-electron chi connectivity index (χ0n) is 13.8. The Morgan fingerprint density at radius 3 is 2.41 bits per heavy atom. The maximum atomic E-state index is 12.6. The van der Waals surface area contributed by atoms with E-state index in [0.29, 0.717) is 17.1 Å². The quantitative estimate of drug-likeness (QED) is 0.929. The van der Waals surface area contributed by atoms with Gasteiger partial charge in [-0.15, -0.1) is 0 Å². The summed E-state index contributed by atoms with van der Waals surface area (Å²) in [4.78, 5) is 15.1. The van der Waals surface area contributed by atoms with Gasteiger partial charge in [0.05, 0.1) is 16.4 Å². The van der Waals surface area contributed by atoms with Crippen molar-refractivity contribution in [2.75, 3.05) is 7.05 Å². The lowest BCUT2D eigenvalue weighted by atomic mass is 9.98. The zero-order valence-corrected chi connectivity index (χ0v) is 14.5. The van der Waals surface area contributed by atoms with Gasteiger partial charge in [0.2, 0.25) is 5.91 Å². The van der Waals surface area contributed by atoms with Crippen LogP contribution >= 0.6 is 11.6 Å². The third-order valence-corrected chi connectivity index (χ3v) is 5.97. The molecule has 1 aromatic rings. The van der Waals surface area contributed by atoms with E-state index in [2.05, 4.69) is 22.4 Å².